The highest BCUT2D eigenvalue weighted by atomic mass is 19.1. The summed E-state index contributed by atoms with van der Waals surface area (Å²) in [5.41, 5.74) is 0.327. The van der Waals surface area contributed by atoms with E-state index in [4.69, 9.17) is 0 Å². The van der Waals surface area contributed by atoms with E-state index in [0.717, 1.165) is 0 Å². The van der Waals surface area contributed by atoms with Crippen molar-refractivity contribution < 1.29 is 14.3 Å². The summed E-state index contributed by atoms with van der Waals surface area (Å²) in [6.45, 7) is 1.71. The summed E-state index contributed by atoms with van der Waals surface area (Å²) >= 11 is 0. The number of hydrogen-bond acceptors (Lipinski definition) is 2. The highest BCUT2D eigenvalue weighted by molar-refractivity contribution is 5.79. The van der Waals surface area contributed by atoms with Gasteiger partial charge in [0.2, 0.25) is 0 Å². The van der Waals surface area contributed by atoms with Crippen LogP contribution in [0.2, 0.25) is 0 Å². The third kappa shape index (κ3) is 1.30. The monoisotopic (exact) mass is 168 g/mol. The Morgan fingerprint density at radius 1 is 1.58 bits per heavy atom. The van der Waals surface area contributed by atoms with E-state index >= 15 is 0 Å². The van der Waals surface area contributed by atoms with E-state index in [9.17, 15) is 14.3 Å². The third-order valence-electron chi connectivity index (χ3n) is 1.74. The van der Waals surface area contributed by atoms with E-state index in [1.165, 1.54) is 12.1 Å². The Labute approximate surface area is 69.6 Å². The SMILES string of the molecule is CCc1c(F)ccc(C=O)c1O. The minimum absolute atomic E-state index is 0.133. The second kappa shape index (κ2) is 3.34. The highest BCUT2D eigenvalue weighted by Crippen LogP contribution is 2.24. The number of aromatic hydroxyl groups is 1. The average molecular weight is 168 g/mol. The van der Waals surface area contributed by atoms with Crippen molar-refractivity contribution in [2.24, 2.45) is 0 Å². The van der Waals surface area contributed by atoms with Crippen LogP contribution in [0.1, 0.15) is 22.8 Å². The minimum atomic E-state index is -0.472. The van der Waals surface area contributed by atoms with Gasteiger partial charge < -0.3 is 5.11 Å². The lowest BCUT2D eigenvalue weighted by atomic mass is 10.1. The van der Waals surface area contributed by atoms with Crippen LogP contribution < -0.4 is 0 Å². The maximum Gasteiger partial charge on any atom is 0.153 e. The molecule has 1 rings (SSSR count). The van der Waals surface area contributed by atoms with E-state index in [1.807, 2.05) is 0 Å². The van der Waals surface area contributed by atoms with E-state index in [2.05, 4.69) is 0 Å². The molecule has 0 radical (unpaired) electrons. The Balaban J connectivity index is 3.33. The van der Waals surface area contributed by atoms with Crippen LogP contribution in [-0.4, -0.2) is 11.4 Å². The molecule has 0 aromatic heterocycles. The number of benzene rings is 1. The second-order valence-electron chi connectivity index (χ2n) is 2.44. The van der Waals surface area contributed by atoms with Crippen LogP contribution in [0, 0.1) is 5.82 Å². The Kier molecular flexibility index (Phi) is 2.43. The van der Waals surface area contributed by atoms with Crippen LogP contribution in [0.3, 0.4) is 0 Å². The van der Waals surface area contributed by atoms with Crippen molar-refractivity contribution >= 4 is 6.29 Å². The number of aldehydes is 1. The first-order chi connectivity index (χ1) is 5.70. The summed E-state index contributed by atoms with van der Waals surface area (Å²) in [5.74, 6) is -0.715. The topological polar surface area (TPSA) is 37.3 Å². The van der Waals surface area contributed by atoms with Gasteiger partial charge >= 0.3 is 0 Å². The average Bonchev–Trinajstić information content (AvgIpc) is 2.06. The van der Waals surface area contributed by atoms with Crippen molar-refractivity contribution in [3.63, 3.8) is 0 Å². The predicted octanol–water partition coefficient (Wildman–Crippen LogP) is 1.91. The lowest BCUT2D eigenvalue weighted by molar-refractivity contribution is 0.112. The molecular weight excluding hydrogens is 159 g/mol. The van der Waals surface area contributed by atoms with Gasteiger partial charge in [0.15, 0.2) is 6.29 Å². The first-order valence-corrected chi connectivity index (χ1v) is 3.66. The van der Waals surface area contributed by atoms with Crippen LogP contribution in [0.25, 0.3) is 0 Å². The first kappa shape index (κ1) is 8.71. The zero-order valence-corrected chi connectivity index (χ0v) is 6.67. The molecule has 0 fully saturated rings. The molecule has 0 aliphatic carbocycles. The standard InChI is InChI=1S/C9H9FO2/c1-2-7-8(10)4-3-6(5-11)9(7)12/h3-5,12H,2H2,1H3. The number of hydrogen-bond donors (Lipinski definition) is 1. The summed E-state index contributed by atoms with van der Waals surface area (Å²) in [5, 5.41) is 9.30. The summed E-state index contributed by atoms with van der Waals surface area (Å²) in [7, 11) is 0. The maximum absolute atomic E-state index is 12.9. The van der Waals surface area contributed by atoms with E-state index in [-0.39, 0.29) is 16.9 Å². The molecule has 0 atom stereocenters. The van der Waals surface area contributed by atoms with E-state index in [1.54, 1.807) is 6.92 Å². The molecule has 0 saturated heterocycles. The zero-order valence-electron chi connectivity index (χ0n) is 6.67. The Morgan fingerprint density at radius 2 is 2.25 bits per heavy atom. The van der Waals surface area contributed by atoms with Gasteiger partial charge in [0.1, 0.15) is 11.6 Å². The summed E-state index contributed by atoms with van der Waals surface area (Å²) in [4.78, 5) is 10.3. The first-order valence-electron chi connectivity index (χ1n) is 3.66. The van der Waals surface area contributed by atoms with Crippen molar-refractivity contribution in [2.45, 2.75) is 13.3 Å². The van der Waals surface area contributed by atoms with Crippen molar-refractivity contribution in [2.75, 3.05) is 0 Å². The van der Waals surface area contributed by atoms with Gasteiger partial charge in [-0.2, -0.15) is 0 Å². The third-order valence-corrected chi connectivity index (χ3v) is 1.74. The van der Waals surface area contributed by atoms with Gasteiger partial charge in [0.25, 0.3) is 0 Å². The number of carbonyl (C=O) groups is 1. The molecule has 0 bridgehead atoms. The highest BCUT2D eigenvalue weighted by Gasteiger charge is 2.09. The largest absolute Gasteiger partial charge is 0.507 e. The molecule has 0 aliphatic rings. The quantitative estimate of drug-likeness (QED) is 0.685. The second-order valence-corrected chi connectivity index (χ2v) is 2.44. The van der Waals surface area contributed by atoms with Crippen molar-refractivity contribution in [3.8, 4) is 5.75 Å². The van der Waals surface area contributed by atoms with Crippen LogP contribution in [0.15, 0.2) is 12.1 Å². The number of phenols is 1. The number of halogens is 1. The van der Waals surface area contributed by atoms with Crippen LogP contribution >= 0.6 is 0 Å². The van der Waals surface area contributed by atoms with Crippen molar-refractivity contribution in [1.82, 2.24) is 0 Å². The summed E-state index contributed by atoms with van der Waals surface area (Å²) in [6, 6.07) is 2.44. The van der Waals surface area contributed by atoms with Gasteiger partial charge in [-0.1, -0.05) is 6.92 Å². The molecular formula is C9H9FO2. The predicted molar refractivity (Wildman–Crippen MR) is 42.8 cm³/mol. The number of rotatable bonds is 2. The Morgan fingerprint density at radius 3 is 2.75 bits per heavy atom. The molecule has 3 heteroatoms. The lowest BCUT2D eigenvalue weighted by Crippen LogP contribution is -1.92. The van der Waals surface area contributed by atoms with Crippen LogP contribution in [-0.2, 0) is 6.42 Å². The maximum atomic E-state index is 12.9. The number of carbonyl (C=O) groups excluding carboxylic acids is 1. The van der Waals surface area contributed by atoms with Gasteiger partial charge in [0.05, 0.1) is 5.56 Å². The Bertz CT molecular complexity index is 308. The molecule has 12 heavy (non-hydrogen) atoms. The lowest BCUT2D eigenvalue weighted by Gasteiger charge is -2.04. The molecule has 0 saturated carbocycles. The van der Waals surface area contributed by atoms with E-state index in [0.29, 0.717) is 12.7 Å². The van der Waals surface area contributed by atoms with Crippen LogP contribution in [0.5, 0.6) is 5.75 Å². The minimum Gasteiger partial charge on any atom is -0.507 e. The molecule has 0 heterocycles. The van der Waals surface area contributed by atoms with E-state index < -0.39 is 5.82 Å². The molecule has 64 valence electrons. The molecule has 1 aromatic rings. The van der Waals surface area contributed by atoms with Crippen molar-refractivity contribution in [1.29, 1.82) is 0 Å². The molecule has 1 N–H and O–H groups in total. The van der Waals surface area contributed by atoms with Gasteiger partial charge in [-0.05, 0) is 18.6 Å². The molecule has 0 spiro atoms. The summed E-state index contributed by atoms with van der Waals surface area (Å²) in [6.07, 6.45) is 0.882. The van der Waals surface area contributed by atoms with Crippen molar-refractivity contribution in [3.05, 3.63) is 29.1 Å². The fraction of sp³-hybridized carbons (Fsp3) is 0.222. The van der Waals surface area contributed by atoms with Gasteiger partial charge in [-0.25, -0.2) is 4.39 Å². The Hall–Kier alpha value is -1.38. The molecule has 0 aliphatic heterocycles. The summed E-state index contributed by atoms with van der Waals surface area (Å²) < 4.78 is 12.9. The fourth-order valence-corrected chi connectivity index (χ4v) is 1.06. The van der Waals surface area contributed by atoms with Gasteiger partial charge in [-0.15, -0.1) is 0 Å². The van der Waals surface area contributed by atoms with Gasteiger partial charge in [-0.3, -0.25) is 4.79 Å². The molecule has 0 unspecified atom stereocenters. The van der Waals surface area contributed by atoms with Crippen LogP contribution in [0.4, 0.5) is 4.39 Å². The normalized spacial score (nSPS) is 9.83. The molecule has 0 amide bonds. The molecule has 1 aromatic carbocycles. The van der Waals surface area contributed by atoms with Gasteiger partial charge in [0, 0.05) is 5.56 Å². The fourth-order valence-electron chi connectivity index (χ4n) is 1.06. The molecule has 2 nitrogen and oxygen atoms in total. The zero-order chi connectivity index (χ0) is 9.14. The number of phenolic OH excluding ortho intramolecular Hbond substituents is 1. The smallest absolute Gasteiger partial charge is 0.153 e.